The highest BCUT2D eigenvalue weighted by Crippen LogP contribution is 2.32. The van der Waals surface area contributed by atoms with E-state index in [1.165, 1.54) is 7.11 Å². The molecule has 3 rings (SSSR count). The van der Waals surface area contributed by atoms with Crippen molar-refractivity contribution in [3.63, 3.8) is 0 Å². The minimum Gasteiger partial charge on any atom is -0.484 e. The quantitative estimate of drug-likeness (QED) is 0.487. The van der Waals surface area contributed by atoms with Crippen molar-refractivity contribution in [3.8, 4) is 5.75 Å². The van der Waals surface area contributed by atoms with E-state index in [0.29, 0.717) is 29.3 Å². The number of methoxy groups -OCH3 is 1. The zero-order chi connectivity index (χ0) is 24.0. The summed E-state index contributed by atoms with van der Waals surface area (Å²) in [6.45, 7) is 6.16. The predicted molar refractivity (Wildman–Crippen MR) is 126 cm³/mol. The summed E-state index contributed by atoms with van der Waals surface area (Å²) in [4.78, 5) is 39.1. The number of allylic oxidation sites excluding steroid dienone is 1. The van der Waals surface area contributed by atoms with Gasteiger partial charge < -0.3 is 19.7 Å². The summed E-state index contributed by atoms with van der Waals surface area (Å²) in [6.07, 6.45) is 1.67. The average Bonchev–Trinajstić information content (AvgIpc) is 3.02. The summed E-state index contributed by atoms with van der Waals surface area (Å²) >= 11 is 0. The molecule has 0 bridgehead atoms. The first-order valence-corrected chi connectivity index (χ1v) is 10.7. The number of hydrogen-bond donors (Lipinski definition) is 1. The number of rotatable bonds is 8. The van der Waals surface area contributed by atoms with Crippen LogP contribution in [-0.2, 0) is 19.1 Å². The van der Waals surface area contributed by atoms with E-state index in [0.717, 1.165) is 5.56 Å². The lowest BCUT2D eigenvalue weighted by Crippen LogP contribution is -2.28. The number of carbonyl (C=O) groups is 3. The number of nitrogens with zero attached hydrogens (tertiary/aromatic N) is 1. The Morgan fingerprint density at radius 3 is 2.33 bits per heavy atom. The van der Waals surface area contributed by atoms with E-state index < -0.39 is 5.97 Å². The number of benzene rings is 2. The standard InChI is InChI=1S/C26H28N2O5/c1-17(2)15-28-18(3)24(26(31)32-4)22(25(28)30)14-19-10-12-21(13-11-19)33-16-23(29)27-20-8-6-5-7-9-20/h5-14,17H,15-16H2,1-4H3,(H,27,29). The van der Waals surface area contributed by atoms with E-state index >= 15 is 0 Å². The normalized spacial score (nSPS) is 14.8. The second-order valence-corrected chi connectivity index (χ2v) is 8.09. The second kappa shape index (κ2) is 10.6. The molecule has 2 aromatic rings. The van der Waals surface area contributed by atoms with Crippen molar-refractivity contribution in [2.75, 3.05) is 25.6 Å². The molecule has 1 aliphatic heterocycles. The first kappa shape index (κ1) is 23.8. The van der Waals surface area contributed by atoms with Gasteiger partial charge in [-0.3, -0.25) is 9.59 Å². The number of anilines is 1. The Labute approximate surface area is 193 Å². The maximum absolute atomic E-state index is 13.0. The summed E-state index contributed by atoms with van der Waals surface area (Å²) in [5, 5.41) is 2.75. The van der Waals surface area contributed by atoms with Crippen molar-refractivity contribution in [2.45, 2.75) is 20.8 Å². The summed E-state index contributed by atoms with van der Waals surface area (Å²) in [6, 6.07) is 16.1. The van der Waals surface area contributed by atoms with Gasteiger partial charge in [0.1, 0.15) is 5.75 Å². The van der Waals surface area contributed by atoms with E-state index in [1.54, 1.807) is 54.3 Å². The van der Waals surface area contributed by atoms with Gasteiger partial charge in [0.2, 0.25) is 0 Å². The van der Waals surface area contributed by atoms with Crippen LogP contribution in [0.4, 0.5) is 5.69 Å². The summed E-state index contributed by atoms with van der Waals surface area (Å²) in [5.41, 5.74) is 2.60. The van der Waals surface area contributed by atoms with Gasteiger partial charge >= 0.3 is 5.97 Å². The Bertz CT molecular complexity index is 1090. The molecule has 0 aromatic heterocycles. The molecule has 7 heteroatoms. The Hall–Kier alpha value is -3.87. The van der Waals surface area contributed by atoms with Crippen LogP contribution in [-0.4, -0.2) is 42.9 Å². The number of hydrogen-bond acceptors (Lipinski definition) is 5. The molecular formula is C26H28N2O5. The second-order valence-electron chi connectivity index (χ2n) is 8.09. The molecule has 0 saturated carbocycles. The minimum atomic E-state index is -0.539. The van der Waals surface area contributed by atoms with E-state index in [-0.39, 0.29) is 29.9 Å². The van der Waals surface area contributed by atoms with Gasteiger partial charge in [-0.15, -0.1) is 0 Å². The topological polar surface area (TPSA) is 84.9 Å². The maximum atomic E-state index is 13.0. The molecule has 2 aromatic carbocycles. The van der Waals surface area contributed by atoms with Crippen molar-refractivity contribution in [1.29, 1.82) is 0 Å². The van der Waals surface area contributed by atoms with Crippen molar-refractivity contribution in [1.82, 2.24) is 4.90 Å². The molecule has 0 atom stereocenters. The average molecular weight is 449 g/mol. The van der Waals surface area contributed by atoms with Crippen LogP contribution < -0.4 is 10.1 Å². The van der Waals surface area contributed by atoms with Crippen LogP contribution in [0.3, 0.4) is 0 Å². The molecule has 1 aliphatic rings. The lowest BCUT2D eigenvalue weighted by Gasteiger charge is -2.19. The van der Waals surface area contributed by atoms with Crippen molar-refractivity contribution >= 4 is 29.5 Å². The lowest BCUT2D eigenvalue weighted by atomic mass is 10.0. The van der Waals surface area contributed by atoms with Crippen LogP contribution in [0.15, 0.2) is 71.4 Å². The van der Waals surface area contributed by atoms with Gasteiger partial charge in [-0.2, -0.15) is 0 Å². The molecule has 0 spiro atoms. The molecule has 33 heavy (non-hydrogen) atoms. The number of ether oxygens (including phenoxy) is 2. The van der Waals surface area contributed by atoms with Gasteiger partial charge in [-0.25, -0.2) is 4.79 Å². The summed E-state index contributed by atoms with van der Waals surface area (Å²) in [5.74, 6) is -0.267. The highest BCUT2D eigenvalue weighted by molar-refractivity contribution is 6.16. The zero-order valence-electron chi connectivity index (χ0n) is 19.3. The van der Waals surface area contributed by atoms with Crippen LogP contribution in [0.1, 0.15) is 26.3 Å². The molecule has 0 saturated heterocycles. The highest BCUT2D eigenvalue weighted by atomic mass is 16.5. The van der Waals surface area contributed by atoms with Crippen molar-refractivity contribution < 1.29 is 23.9 Å². The van der Waals surface area contributed by atoms with Crippen molar-refractivity contribution in [3.05, 3.63) is 77.0 Å². The van der Waals surface area contributed by atoms with Crippen LogP contribution in [0.25, 0.3) is 6.08 Å². The van der Waals surface area contributed by atoms with Gasteiger partial charge in [-0.05, 0) is 48.7 Å². The van der Waals surface area contributed by atoms with Gasteiger partial charge in [0.15, 0.2) is 6.61 Å². The van der Waals surface area contributed by atoms with E-state index in [4.69, 9.17) is 9.47 Å². The SMILES string of the molecule is COC(=O)C1=C(C)N(CC(C)C)C(=O)C1=Cc1ccc(OCC(=O)Nc2ccccc2)cc1. The third-order valence-corrected chi connectivity index (χ3v) is 5.07. The Balaban J connectivity index is 1.71. The number of nitrogens with one attached hydrogen (secondary N) is 1. The molecule has 7 nitrogen and oxygen atoms in total. The van der Waals surface area contributed by atoms with Gasteiger partial charge in [-0.1, -0.05) is 44.2 Å². The van der Waals surface area contributed by atoms with Gasteiger partial charge in [0.25, 0.3) is 11.8 Å². The fraction of sp³-hybridized carbons (Fsp3) is 0.269. The Morgan fingerprint density at radius 1 is 1.06 bits per heavy atom. The molecule has 0 fully saturated rings. The van der Waals surface area contributed by atoms with Gasteiger partial charge in [0, 0.05) is 17.9 Å². The molecule has 0 unspecified atom stereocenters. The van der Waals surface area contributed by atoms with Crippen molar-refractivity contribution in [2.24, 2.45) is 5.92 Å². The van der Waals surface area contributed by atoms with Gasteiger partial charge in [0.05, 0.1) is 18.3 Å². The van der Waals surface area contributed by atoms with E-state index in [2.05, 4.69) is 5.32 Å². The molecule has 172 valence electrons. The zero-order valence-corrected chi connectivity index (χ0v) is 19.3. The molecule has 0 aliphatic carbocycles. The van der Waals surface area contributed by atoms with E-state index in [1.807, 2.05) is 32.0 Å². The van der Waals surface area contributed by atoms with Crippen LogP contribution in [0, 0.1) is 5.92 Å². The fourth-order valence-corrected chi connectivity index (χ4v) is 3.51. The number of para-hydroxylation sites is 1. The smallest absolute Gasteiger partial charge is 0.340 e. The first-order chi connectivity index (χ1) is 15.8. The third kappa shape index (κ3) is 5.88. The molecule has 1 heterocycles. The van der Waals surface area contributed by atoms with Crippen LogP contribution in [0.2, 0.25) is 0 Å². The Morgan fingerprint density at radius 2 is 1.73 bits per heavy atom. The third-order valence-electron chi connectivity index (χ3n) is 5.07. The summed E-state index contributed by atoms with van der Waals surface area (Å²) < 4.78 is 10.5. The summed E-state index contributed by atoms with van der Waals surface area (Å²) in [7, 11) is 1.30. The monoisotopic (exact) mass is 448 g/mol. The van der Waals surface area contributed by atoms with Crippen LogP contribution >= 0.6 is 0 Å². The number of carbonyl (C=O) groups excluding carboxylic acids is 3. The molecular weight excluding hydrogens is 420 g/mol. The fourth-order valence-electron chi connectivity index (χ4n) is 3.51. The minimum absolute atomic E-state index is 0.133. The highest BCUT2D eigenvalue weighted by Gasteiger charge is 2.37. The Kier molecular flexibility index (Phi) is 7.66. The van der Waals surface area contributed by atoms with E-state index in [9.17, 15) is 14.4 Å². The van der Waals surface area contributed by atoms with Crippen LogP contribution in [0.5, 0.6) is 5.75 Å². The maximum Gasteiger partial charge on any atom is 0.340 e. The molecule has 1 N–H and O–H groups in total. The lowest BCUT2D eigenvalue weighted by molar-refractivity contribution is -0.136. The first-order valence-electron chi connectivity index (χ1n) is 10.7. The largest absolute Gasteiger partial charge is 0.484 e. The number of esters is 1. The molecule has 2 amide bonds. The molecule has 0 radical (unpaired) electrons. The predicted octanol–water partition coefficient (Wildman–Crippen LogP) is 4.03. The number of amides is 2.